The van der Waals surface area contributed by atoms with E-state index in [1.807, 2.05) is 48.5 Å². The first kappa shape index (κ1) is 18.4. The Morgan fingerprint density at radius 2 is 1.09 bits per heavy atom. The summed E-state index contributed by atoms with van der Waals surface area (Å²) in [6, 6.07) is 15.6. The molecule has 9 heteroatoms. The third-order valence-corrected chi connectivity index (χ3v) is 4.29. The molecule has 0 saturated heterocycles. The van der Waals surface area contributed by atoms with Crippen molar-refractivity contribution in [3.8, 4) is 0 Å². The summed E-state index contributed by atoms with van der Waals surface area (Å²) >= 11 is 2.71. The molecule has 2 aromatic heterocycles. The van der Waals surface area contributed by atoms with Crippen molar-refractivity contribution in [3.05, 3.63) is 60.0 Å². The molecule has 0 radical (unpaired) electrons. The molecule has 124 valence electrons. The first-order chi connectivity index (χ1) is 11.1. The van der Waals surface area contributed by atoms with Crippen molar-refractivity contribution in [2.45, 2.75) is 0 Å². The summed E-state index contributed by atoms with van der Waals surface area (Å²) in [5.74, 6) is 0. The number of halogens is 2. The average molecular weight is 476 g/mol. The Bertz CT molecular complexity index is 743. The van der Waals surface area contributed by atoms with Gasteiger partial charge in [-0.2, -0.15) is 0 Å². The number of nitrogens with one attached hydrogen (secondary N) is 2. The molecule has 0 saturated carbocycles. The fourth-order valence-corrected chi connectivity index (χ4v) is 3.18. The minimum absolute atomic E-state index is 0.106. The van der Waals surface area contributed by atoms with Crippen LogP contribution in [0.15, 0.2) is 48.5 Å². The van der Waals surface area contributed by atoms with Gasteiger partial charge in [0.2, 0.25) is 0 Å². The number of para-hydroxylation sites is 2. The molecule has 0 amide bonds. The summed E-state index contributed by atoms with van der Waals surface area (Å²) in [7, 11) is 9.63. The first-order valence-corrected chi connectivity index (χ1v) is 11.7. The van der Waals surface area contributed by atoms with Gasteiger partial charge in [-0.1, -0.05) is 36.4 Å². The van der Waals surface area contributed by atoms with Crippen LogP contribution < -0.4 is 0 Å². The molecule has 0 atom stereocenters. The van der Waals surface area contributed by atoms with Gasteiger partial charge in [0.05, 0.1) is 0 Å². The quantitative estimate of drug-likeness (QED) is 0.250. The van der Waals surface area contributed by atoms with E-state index in [2.05, 4.69) is 9.97 Å². The standard InChI is InChI=1S/2C7H5N2S.2ClH.Pd/c2*8-7-9-5-3-1-2-4-6(5)10-7;;;/h2*1-4H,(H-,8,9);2*1H;/q2*-1;;;+2/p-2. The molecule has 4 aromatic rings. The normalized spacial score (nSPS) is 10.0. The summed E-state index contributed by atoms with van der Waals surface area (Å²) in [4.78, 5) is 8.00. The molecular formula is C14H10Cl2N4PdS2-2. The SMILES string of the molecule is [Cl][Pd][Cl].[NH-]c1nc2ccccc2s1.[NH-]c1nc2ccccc2s1. The molecule has 0 aliphatic rings. The fourth-order valence-electron chi connectivity index (χ4n) is 1.74. The Morgan fingerprint density at radius 1 is 0.739 bits per heavy atom. The van der Waals surface area contributed by atoms with E-state index in [0.29, 0.717) is 10.3 Å². The van der Waals surface area contributed by atoms with Crippen LogP contribution >= 0.6 is 41.7 Å². The number of benzene rings is 2. The topological polar surface area (TPSA) is 73.4 Å². The van der Waals surface area contributed by atoms with Gasteiger partial charge in [0.15, 0.2) is 0 Å². The van der Waals surface area contributed by atoms with Crippen molar-refractivity contribution >= 4 is 72.4 Å². The molecule has 0 fully saturated rings. The number of aromatic nitrogens is 2. The summed E-state index contributed by atoms with van der Waals surface area (Å²) in [6.07, 6.45) is 0. The van der Waals surface area contributed by atoms with E-state index in [0.717, 1.165) is 20.4 Å². The Balaban J connectivity index is 0.000000143. The number of hydrogen-bond acceptors (Lipinski definition) is 4. The van der Waals surface area contributed by atoms with E-state index in [1.54, 1.807) is 0 Å². The maximum atomic E-state index is 7.23. The third-order valence-electron chi connectivity index (χ3n) is 2.59. The maximum Gasteiger partial charge on any atom is 0.0300 e. The third kappa shape index (κ3) is 5.57. The van der Waals surface area contributed by atoms with Crippen LogP contribution in [0.5, 0.6) is 0 Å². The summed E-state index contributed by atoms with van der Waals surface area (Å²) in [6.45, 7) is 0. The molecule has 4 rings (SSSR count). The molecule has 4 nitrogen and oxygen atoms in total. The zero-order valence-electron chi connectivity index (χ0n) is 11.4. The molecule has 0 aliphatic heterocycles. The number of fused-ring (bicyclic) bond motifs is 2. The number of hydrogen-bond donors (Lipinski definition) is 0. The largest absolute Gasteiger partial charge is 0.473 e. The number of thiazole rings is 2. The second kappa shape index (κ2) is 9.38. The van der Waals surface area contributed by atoms with Crippen LogP contribution in [0.1, 0.15) is 0 Å². The maximum absolute atomic E-state index is 7.23. The van der Waals surface area contributed by atoms with Gasteiger partial charge < -0.3 is 21.4 Å². The van der Waals surface area contributed by atoms with Gasteiger partial charge >= 0.3 is 35.0 Å². The van der Waals surface area contributed by atoms with Gasteiger partial charge in [-0.05, 0) is 33.4 Å². The zero-order chi connectivity index (χ0) is 16.7. The molecule has 0 spiro atoms. The number of rotatable bonds is 0. The predicted molar refractivity (Wildman–Crippen MR) is 98.9 cm³/mol. The van der Waals surface area contributed by atoms with Crippen LogP contribution in [0.25, 0.3) is 31.9 Å². The summed E-state index contributed by atoms with van der Waals surface area (Å²) in [5, 5.41) is 0.780. The Hall–Kier alpha value is -0.938. The minimum atomic E-state index is -0.106. The molecule has 2 aromatic carbocycles. The van der Waals surface area contributed by atoms with Crippen molar-refractivity contribution in [1.29, 1.82) is 0 Å². The average Bonchev–Trinajstić information content (AvgIpc) is 3.08. The molecule has 0 aliphatic carbocycles. The smallest absolute Gasteiger partial charge is 0.0300 e. The van der Waals surface area contributed by atoms with Crippen LogP contribution in [-0.2, 0) is 15.9 Å². The van der Waals surface area contributed by atoms with E-state index >= 15 is 0 Å². The summed E-state index contributed by atoms with van der Waals surface area (Å²) < 4.78 is 2.18. The van der Waals surface area contributed by atoms with Crippen molar-refractivity contribution in [1.82, 2.24) is 9.97 Å². The molecule has 0 bridgehead atoms. The van der Waals surface area contributed by atoms with Crippen LogP contribution in [-0.4, -0.2) is 9.97 Å². The monoisotopic (exact) mass is 474 g/mol. The predicted octanol–water partition coefficient (Wildman–Crippen LogP) is 7.34. The van der Waals surface area contributed by atoms with Gasteiger partial charge in [-0.15, -0.1) is 22.7 Å². The van der Waals surface area contributed by atoms with Crippen LogP contribution in [0.2, 0.25) is 0 Å². The first-order valence-electron chi connectivity index (χ1n) is 6.10. The van der Waals surface area contributed by atoms with E-state index in [1.165, 1.54) is 22.7 Å². The summed E-state index contributed by atoms with van der Waals surface area (Å²) in [5.41, 5.74) is 16.3. The van der Waals surface area contributed by atoms with Crippen LogP contribution in [0, 0.1) is 0 Å². The second-order valence-corrected chi connectivity index (χ2v) is 8.44. The second-order valence-electron chi connectivity index (χ2n) is 4.02. The van der Waals surface area contributed by atoms with E-state index < -0.39 is 0 Å². The van der Waals surface area contributed by atoms with E-state index in [4.69, 9.17) is 30.5 Å². The van der Waals surface area contributed by atoms with Gasteiger partial charge in [0, 0.05) is 9.40 Å². The molecule has 0 unspecified atom stereocenters. The van der Waals surface area contributed by atoms with Crippen molar-refractivity contribution in [2.75, 3.05) is 0 Å². The number of nitrogens with zero attached hydrogens (tertiary/aromatic N) is 2. The molecular weight excluding hydrogens is 466 g/mol. The van der Waals surface area contributed by atoms with Crippen molar-refractivity contribution < 1.29 is 15.9 Å². The van der Waals surface area contributed by atoms with Crippen molar-refractivity contribution in [2.24, 2.45) is 0 Å². The van der Waals surface area contributed by atoms with Gasteiger partial charge in [-0.3, -0.25) is 0 Å². The molecule has 2 N–H and O–H groups in total. The van der Waals surface area contributed by atoms with E-state index in [9.17, 15) is 0 Å². The Morgan fingerprint density at radius 3 is 1.43 bits per heavy atom. The van der Waals surface area contributed by atoms with Gasteiger partial charge in [0.25, 0.3) is 0 Å². The van der Waals surface area contributed by atoms with Crippen LogP contribution in [0.3, 0.4) is 0 Å². The fraction of sp³-hybridized carbons (Fsp3) is 0. The van der Waals surface area contributed by atoms with Crippen LogP contribution in [0.4, 0.5) is 10.3 Å². The zero-order valence-corrected chi connectivity index (χ0v) is 16.1. The molecule has 2 heterocycles. The minimum Gasteiger partial charge on any atom is -0.473 e. The van der Waals surface area contributed by atoms with E-state index in [-0.39, 0.29) is 15.9 Å². The van der Waals surface area contributed by atoms with Gasteiger partial charge in [-0.25, -0.2) is 0 Å². The Kier molecular flexibility index (Phi) is 7.51. The Labute approximate surface area is 157 Å². The molecule has 23 heavy (non-hydrogen) atoms. The van der Waals surface area contributed by atoms with Gasteiger partial charge in [0.1, 0.15) is 0 Å². The van der Waals surface area contributed by atoms with Crippen molar-refractivity contribution in [3.63, 3.8) is 0 Å².